The number of ether oxygens (including phenoxy) is 3. The second kappa shape index (κ2) is 13.9. The Hall–Kier alpha value is -5.46. The number of rotatable bonds is 10. The van der Waals surface area contributed by atoms with Gasteiger partial charge in [-0.1, -0.05) is 84.9 Å². The van der Waals surface area contributed by atoms with Crippen LogP contribution >= 0.6 is 0 Å². The summed E-state index contributed by atoms with van der Waals surface area (Å²) in [6, 6.07) is 39.3. The summed E-state index contributed by atoms with van der Waals surface area (Å²) in [5, 5.41) is 0. The molecular weight excluding hydrogens is 586 g/mol. The summed E-state index contributed by atoms with van der Waals surface area (Å²) in [4.78, 5) is 28.3. The maximum absolute atomic E-state index is 13.3. The second-order valence-corrected chi connectivity index (χ2v) is 11.8. The molecule has 2 heterocycles. The summed E-state index contributed by atoms with van der Waals surface area (Å²) in [7, 11) is 0. The van der Waals surface area contributed by atoms with Crippen molar-refractivity contribution in [3.8, 4) is 17.2 Å². The number of hydrogen-bond donors (Lipinski definition) is 0. The summed E-state index contributed by atoms with van der Waals surface area (Å²) in [6.07, 6.45) is 4.18. The van der Waals surface area contributed by atoms with Crippen LogP contribution < -0.4 is 14.2 Å². The summed E-state index contributed by atoms with van der Waals surface area (Å²) >= 11 is 0. The number of carbonyl (C=O) groups is 2. The standard InChI is InChI=1S/C41H35NO5/c43-39(30-9-3-1-4-10-30)34-14-13-33-27-37(29-15-21-36(22-16-29)46-41(44)32-11-5-2-6-12-32)40(47-38(33)28-34)31-17-19-35(20-18-31)45-26-25-42-23-7-8-24-42/h1-6,9-22,27-28,40H,7-8,23-26H2. The fourth-order valence-corrected chi connectivity index (χ4v) is 6.06. The van der Waals surface area contributed by atoms with Gasteiger partial charge in [0.1, 0.15) is 30.0 Å². The number of hydrogen-bond acceptors (Lipinski definition) is 6. The predicted molar refractivity (Wildman–Crippen MR) is 183 cm³/mol. The summed E-state index contributed by atoms with van der Waals surface area (Å²) in [5.41, 5.74) is 5.39. The predicted octanol–water partition coefficient (Wildman–Crippen LogP) is 8.29. The molecule has 0 radical (unpaired) electrons. The van der Waals surface area contributed by atoms with Crippen LogP contribution in [0.2, 0.25) is 0 Å². The molecule has 1 fully saturated rings. The summed E-state index contributed by atoms with van der Waals surface area (Å²) in [6.45, 7) is 3.87. The Morgan fingerprint density at radius 3 is 2.06 bits per heavy atom. The quantitative estimate of drug-likeness (QED) is 0.0889. The lowest BCUT2D eigenvalue weighted by Gasteiger charge is -2.28. The first-order valence-corrected chi connectivity index (χ1v) is 16.1. The first-order chi connectivity index (χ1) is 23.1. The molecule has 6 nitrogen and oxygen atoms in total. The molecule has 0 saturated carbocycles. The van der Waals surface area contributed by atoms with Crippen molar-refractivity contribution in [1.29, 1.82) is 0 Å². The third-order valence-electron chi connectivity index (χ3n) is 8.62. The van der Waals surface area contributed by atoms with Gasteiger partial charge in [0.2, 0.25) is 0 Å². The molecule has 5 aromatic rings. The van der Waals surface area contributed by atoms with Gasteiger partial charge in [-0.05, 0) is 85.6 Å². The highest BCUT2D eigenvalue weighted by Crippen LogP contribution is 2.43. The highest BCUT2D eigenvalue weighted by atomic mass is 16.5. The van der Waals surface area contributed by atoms with E-state index in [1.807, 2.05) is 91.0 Å². The van der Waals surface area contributed by atoms with E-state index in [4.69, 9.17) is 14.2 Å². The molecule has 1 atom stereocenters. The van der Waals surface area contributed by atoms with Crippen LogP contribution in [0.3, 0.4) is 0 Å². The van der Waals surface area contributed by atoms with Crippen LogP contribution in [0.25, 0.3) is 11.6 Å². The highest BCUT2D eigenvalue weighted by molar-refractivity contribution is 6.09. The number of likely N-dealkylation sites (tertiary alicyclic amines) is 1. The number of ketones is 1. The monoisotopic (exact) mass is 621 g/mol. The van der Waals surface area contributed by atoms with E-state index in [0.29, 0.717) is 34.8 Å². The molecule has 0 aromatic heterocycles. The van der Waals surface area contributed by atoms with Crippen LogP contribution in [-0.2, 0) is 0 Å². The van der Waals surface area contributed by atoms with Crippen LogP contribution in [-0.4, -0.2) is 42.9 Å². The van der Waals surface area contributed by atoms with Gasteiger partial charge in [-0.3, -0.25) is 9.69 Å². The Morgan fingerprint density at radius 2 is 1.36 bits per heavy atom. The Morgan fingerprint density at radius 1 is 0.702 bits per heavy atom. The molecule has 7 rings (SSSR count). The van der Waals surface area contributed by atoms with E-state index in [-0.39, 0.29) is 5.78 Å². The smallest absolute Gasteiger partial charge is 0.343 e. The number of esters is 1. The molecule has 1 saturated heterocycles. The Labute approximate surface area is 274 Å². The topological polar surface area (TPSA) is 65.1 Å². The zero-order valence-corrected chi connectivity index (χ0v) is 26.0. The van der Waals surface area contributed by atoms with Crippen molar-refractivity contribution >= 4 is 23.4 Å². The third-order valence-corrected chi connectivity index (χ3v) is 8.62. The summed E-state index contributed by atoms with van der Waals surface area (Å²) < 4.78 is 18.4. The maximum Gasteiger partial charge on any atom is 0.343 e. The number of benzene rings is 5. The normalized spacial score (nSPS) is 15.7. The van der Waals surface area contributed by atoms with E-state index in [2.05, 4.69) is 11.0 Å². The van der Waals surface area contributed by atoms with E-state index in [1.165, 1.54) is 12.8 Å². The minimum absolute atomic E-state index is 0.0561. The van der Waals surface area contributed by atoms with Crippen molar-refractivity contribution in [3.05, 3.63) is 161 Å². The first kappa shape index (κ1) is 30.2. The average Bonchev–Trinajstić information content (AvgIpc) is 3.66. The fraction of sp³-hybridized carbons (Fsp3) is 0.171. The lowest BCUT2D eigenvalue weighted by molar-refractivity contribution is 0.0734. The molecule has 2 aliphatic rings. The zero-order valence-electron chi connectivity index (χ0n) is 26.0. The fourth-order valence-electron chi connectivity index (χ4n) is 6.06. The molecule has 0 N–H and O–H groups in total. The Bertz CT molecular complexity index is 1880. The molecule has 6 heteroatoms. The number of fused-ring (bicyclic) bond motifs is 1. The van der Waals surface area contributed by atoms with Crippen LogP contribution in [0.4, 0.5) is 0 Å². The van der Waals surface area contributed by atoms with Crippen LogP contribution in [0.15, 0.2) is 127 Å². The maximum atomic E-state index is 13.3. The van der Waals surface area contributed by atoms with Gasteiger partial charge in [0.25, 0.3) is 0 Å². The molecule has 0 amide bonds. The largest absolute Gasteiger partial charge is 0.492 e. The van der Waals surface area contributed by atoms with Crippen molar-refractivity contribution in [2.24, 2.45) is 0 Å². The molecule has 0 aliphatic carbocycles. The van der Waals surface area contributed by atoms with Gasteiger partial charge in [0.05, 0.1) is 5.56 Å². The van der Waals surface area contributed by atoms with Crippen molar-refractivity contribution in [2.45, 2.75) is 18.9 Å². The lowest BCUT2D eigenvalue weighted by atomic mass is 9.90. The van der Waals surface area contributed by atoms with Crippen LogP contribution in [0.5, 0.6) is 17.2 Å². The van der Waals surface area contributed by atoms with Gasteiger partial charge in [-0.25, -0.2) is 4.79 Å². The number of nitrogens with zero attached hydrogens (tertiary/aromatic N) is 1. The molecule has 0 spiro atoms. The summed E-state index contributed by atoms with van der Waals surface area (Å²) in [5.74, 6) is 1.44. The van der Waals surface area contributed by atoms with Gasteiger partial charge in [0.15, 0.2) is 5.78 Å². The second-order valence-electron chi connectivity index (χ2n) is 11.8. The van der Waals surface area contributed by atoms with Gasteiger partial charge in [-0.15, -0.1) is 0 Å². The van der Waals surface area contributed by atoms with Crippen molar-refractivity contribution in [2.75, 3.05) is 26.2 Å². The average molecular weight is 622 g/mol. The van der Waals surface area contributed by atoms with E-state index in [1.54, 1.807) is 36.4 Å². The van der Waals surface area contributed by atoms with Gasteiger partial charge >= 0.3 is 5.97 Å². The molecule has 234 valence electrons. The Balaban J connectivity index is 1.15. The van der Waals surface area contributed by atoms with Crippen LogP contribution in [0.1, 0.15) is 61.9 Å². The van der Waals surface area contributed by atoms with Crippen molar-refractivity contribution in [1.82, 2.24) is 4.90 Å². The third kappa shape index (κ3) is 7.03. The SMILES string of the molecule is O=C(Oc1ccc(C2=Cc3ccc(C(=O)c4ccccc4)cc3OC2c2ccc(OCCN3CCCC3)cc2)cc1)c1ccccc1. The van der Waals surface area contributed by atoms with Crippen molar-refractivity contribution < 1.29 is 23.8 Å². The zero-order chi connectivity index (χ0) is 32.0. The van der Waals surface area contributed by atoms with Gasteiger partial charge in [-0.2, -0.15) is 0 Å². The van der Waals surface area contributed by atoms with Crippen molar-refractivity contribution in [3.63, 3.8) is 0 Å². The molecular formula is C41H35NO5. The van der Waals surface area contributed by atoms with Gasteiger partial charge < -0.3 is 14.2 Å². The van der Waals surface area contributed by atoms with E-state index >= 15 is 0 Å². The minimum atomic E-state index is -0.444. The Kier molecular flexibility index (Phi) is 8.93. The molecule has 2 aliphatic heterocycles. The molecule has 0 bridgehead atoms. The molecule has 47 heavy (non-hydrogen) atoms. The first-order valence-electron chi connectivity index (χ1n) is 16.1. The lowest BCUT2D eigenvalue weighted by Crippen LogP contribution is -2.25. The van der Waals surface area contributed by atoms with E-state index in [0.717, 1.165) is 47.6 Å². The number of carbonyl (C=O) groups excluding carboxylic acids is 2. The van der Waals surface area contributed by atoms with E-state index < -0.39 is 12.1 Å². The molecule has 5 aromatic carbocycles. The molecule has 1 unspecified atom stereocenters. The highest BCUT2D eigenvalue weighted by Gasteiger charge is 2.27. The van der Waals surface area contributed by atoms with Gasteiger partial charge in [0, 0.05) is 28.8 Å². The van der Waals surface area contributed by atoms with Crippen LogP contribution in [0, 0.1) is 0 Å². The van der Waals surface area contributed by atoms with E-state index in [9.17, 15) is 9.59 Å². The minimum Gasteiger partial charge on any atom is -0.492 e.